The fourth-order valence-corrected chi connectivity index (χ4v) is 7.79. The van der Waals surface area contributed by atoms with Crippen molar-refractivity contribution in [2.24, 2.45) is 0 Å². The summed E-state index contributed by atoms with van der Waals surface area (Å²) in [5, 5.41) is 21.3. The summed E-state index contributed by atoms with van der Waals surface area (Å²) in [6.45, 7) is 8.70. The number of rotatable bonds is 9. The van der Waals surface area contributed by atoms with E-state index in [9.17, 15) is 9.59 Å². The average molecular weight is 710 g/mol. The number of aromatic amines is 1. The van der Waals surface area contributed by atoms with E-state index in [-0.39, 0.29) is 23.6 Å². The van der Waals surface area contributed by atoms with Crippen molar-refractivity contribution >= 4 is 34.4 Å². The first-order chi connectivity index (χ1) is 24.8. The zero-order valence-corrected chi connectivity index (χ0v) is 29.7. The molecule has 4 aromatic rings. The molecular weight excluding hydrogens is 666 g/mol. The number of aromatic nitrogens is 4. The van der Waals surface area contributed by atoms with Crippen LogP contribution in [0.3, 0.4) is 0 Å². The Morgan fingerprint density at radius 1 is 1.00 bits per heavy atom. The number of nitrogens with zero attached hydrogens (tertiary/aromatic N) is 7. The third-order valence-electron chi connectivity index (χ3n) is 10.6. The first kappa shape index (κ1) is 34.9. The van der Waals surface area contributed by atoms with Gasteiger partial charge in [0.2, 0.25) is 0 Å². The maximum atomic E-state index is 13.0. The molecule has 2 saturated heterocycles. The molecule has 1 aromatic carbocycles. The van der Waals surface area contributed by atoms with Crippen LogP contribution in [0.1, 0.15) is 72.6 Å². The molecule has 5 heterocycles. The van der Waals surface area contributed by atoms with Crippen LogP contribution in [0.15, 0.2) is 53.5 Å². The molecule has 2 N–H and O–H groups in total. The van der Waals surface area contributed by atoms with Crippen molar-refractivity contribution in [2.75, 3.05) is 44.2 Å². The predicted molar refractivity (Wildman–Crippen MR) is 196 cm³/mol. The molecule has 0 radical (unpaired) electrons. The smallest absolute Gasteiger partial charge is 0.272 e. The van der Waals surface area contributed by atoms with Crippen molar-refractivity contribution < 1.29 is 9.53 Å². The van der Waals surface area contributed by atoms with E-state index in [0.29, 0.717) is 34.5 Å². The maximum absolute atomic E-state index is 13.0. The lowest BCUT2D eigenvalue weighted by Crippen LogP contribution is -2.53. The highest BCUT2D eigenvalue weighted by molar-refractivity contribution is 6.31. The number of carbonyl (C=O) groups excluding carboxylic acids is 1. The van der Waals surface area contributed by atoms with Gasteiger partial charge in [-0.15, -0.1) is 10.2 Å². The second-order valence-electron chi connectivity index (χ2n) is 13.9. The van der Waals surface area contributed by atoms with Gasteiger partial charge in [0, 0.05) is 75.7 Å². The van der Waals surface area contributed by atoms with Crippen molar-refractivity contribution in [1.29, 1.82) is 5.26 Å². The number of aryl methyl sites for hydroxylation is 1. The molecule has 3 fully saturated rings. The number of pyridine rings is 2. The molecule has 13 heteroatoms. The lowest BCUT2D eigenvalue weighted by Gasteiger charge is -2.43. The molecule has 3 aromatic heterocycles. The highest BCUT2D eigenvalue weighted by atomic mass is 35.5. The molecule has 7 rings (SSSR count). The summed E-state index contributed by atoms with van der Waals surface area (Å²) in [5.74, 6) is 1.27. The van der Waals surface area contributed by atoms with Gasteiger partial charge in [-0.05, 0) is 86.9 Å². The number of nitrogens with one attached hydrogen (secondary N) is 2. The number of H-pyrrole nitrogens is 1. The Morgan fingerprint density at radius 2 is 1.78 bits per heavy atom. The summed E-state index contributed by atoms with van der Waals surface area (Å²) in [6, 6.07) is 15.4. The highest BCUT2D eigenvalue weighted by Gasteiger charge is 2.29. The Bertz CT molecular complexity index is 1940. The van der Waals surface area contributed by atoms with E-state index in [2.05, 4.69) is 52.3 Å². The second-order valence-corrected chi connectivity index (χ2v) is 14.3. The van der Waals surface area contributed by atoms with E-state index < -0.39 is 0 Å². The summed E-state index contributed by atoms with van der Waals surface area (Å²) >= 11 is 6.14. The molecule has 1 saturated carbocycles. The van der Waals surface area contributed by atoms with Gasteiger partial charge in [0.1, 0.15) is 11.8 Å². The number of fused-ring (bicyclic) bond motifs is 1. The van der Waals surface area contributed by atoms with E-state index in [0.717, 1.165) is 112 Å². The molecular formula is C38H44ClN9O3. The highest BCUT2D eigenvalue weighted by Crippen LogP contribution is 2.28. The van der Waals surface area contributed by atoms with E-state index in [1.54, 1.807) is 24.3 Å². The number of hydrogen-bond acceptors (Lipinski definition) is 10. The van der Waals surface area contributed by atoms with E-state index in [1.165, 1.54) is 0 Å². The fraction of sp³-hybridized carbons (Fsp3) is 0.474. The number of piperidine rings is 1. The maximum Gasteiger partial charge on any atom is 0.272 e. The van der Waals surface area contributed by atoms with Gasteiger partial charge >= 0.3 is 0 Å². The third kappa shape index (κ3) is 8.33. The Balaban J connectivity index is 0.823. The Labute approximate surface area is 302 Å². The SMILES string of the molecule is CCc1cc2ncc(CN3CCN(C4CCN(c5ccc(C(=O)NC6CCC(Oc7ccc(C#N)c(Cl)c7)CC6)nn5)CC4)CC3)cc2[nH]c1=O. The molecule has 2 aliphatic heterocycles. The minimum Gasteiger partial charge on any atom is -0.490 e. The summed E-state index contributed by atoms with van der Waals surface area (Å²) in [6.07, 6.45) is 8.04. The normalized spacial score (nSPS) is 20.6. The Morgan fingerprint density at radius 3 is 2.47 bits per heavy atom. The van der Waals surface area contributed by atoms with Crippen molar-refractivity contribution in [1.82, 2.24) is 35.3 Å². The number of ether oxygens (including phenoxy) is 1. The summed E-state index contributed by atoms with van der Waals surface area (Å²) < 4.78 is 6.08. The van der Waals surface area contributed by atoms with Gasteiger partial charge in [-0.2, -0.15) is 5.26 Å². The van der Waals surface area contributed by atoms with Crippen LogP contribution in [0.25, 0.3) is 11.0 Å². The van der Waals surface area contributed by atoms with E-state index in [1.807, 2.05) is 25.3 Å². The van der Waals surface area contributed by atoms with Gasteiger partial charge in [-0.3, -0.25) is 24.4 Å². The molecule has 0 atom stereocenters. The molecule has 266 valence electrons. The number of carbonyl (C=O) groups is 1. The summed E-state index contributed by atoms with van der Waals surface area (Å²) in [5.41, 5.74) is 4.26. The second kappa shape index (κ2) is 15.8. The van der Waals surface area contributed by atoms with Crippen LogP contribution in [-0.2, 0) is 13.0 Å². The number of benzene rings is 1. The third-order valence-corrected chi connectivity index (χ3v) is 10.9. The number of hydrogen-bond donors (Lipinski definition) is 2. The van der Waals surface area contributed by atoms with Crippen LogP contribution in [0.5, 0.6) is 5.75 Å². The van der Waals surface area contributed by atoms with E-state index in [4.69, 9.17) is 21.6 Å². The lowest BCUT2D eigenvalue weighted by molar-refractivity contribution is 0.0811. The molecule has 1 aliphatic carbocycles. The molecule has 0 unspecified atom stereocenters. The van der Waals surface area contributed by atoms with Crippen molar-refractivity contribution in [3.8, 4) is 11.8 Å². The number of anilines is 1. The fourth-order valence-electron chi connectivity index (χ4n) is 7.57. The van der Waals surface area contributed by atoms with Gasteiger partial charge in [-0.1, -0.05) is 18.5 Å². The minimum atomic E-state index is -0.201. The molecule has 51 heavy (non-hydrogen) atoms. The zero-order valence-electron chi connectivity index (χ0n) is 29.0. The molecule has 0 bridgehead atoms. The number of amides is 1. The standard InChI is InChI=1S/C38H44ClN9O3/c1-2-26-20-34-35(43-37(26)49)19-25(23-41-34)24-46-15-17-47(18-16-46)29-11-13-48(14-12-29)36-10-9-33(44-45-36)38(50)42-28-4-7-30(8-5-28)51-31-6-3-27(22-40)32(39)21-31/h3,6,9-10,19-21,23,28-30H,2,4-5,7-8,11-18,24H2,1H3,(H,42,50)(H,43,49). The van der Waals surface area contributed by atoms with Crippen LogP contribution in [0, 0.1) is 11.3 Å². The summed E-state index contributed by atoms with van der Waals surface area (Å²) in [7, 11) is 0. The average Bonchev–Trinajstić information content (AvgIpc) is 3.16. The number of piperazine rings is 1. The number of nitriles is 1. The Hall–Kier alpha value is -4.57. The zero-order chi connectivity index (χ0) is 35.3. The van der Waals surface area contributed by atoms with Gasteiger partial charge < -0.3 is 19.9 Å². The molecule has 3 aliphatic rings. The molecule has 0 spiro atoms. The lowest BCUT2D eigenvalue weighted by atomic mass is 9.93. The largest absolute Gasteiger partial charge is 0.490 e. The van der Waals surface area contributed by atoms with Gasteiger partial charge in [0.15, 0.2) is 11.5 Å². The minimum absolute atomic E-state index is 0.0263. The van der Waals surface area contributed by atoms with Crippen LogP contribution in [0.4, 0.5) is 5.82 Å². The van der Waals surface area contributed by atoms with Crippen LogP contribution in [0.2, 0.25) is 5.02 Å². The topological polar surface area (TPSA) is 143 Å². The van der Waals surface area contributed by atoms with Crippen molar-refractivity contribution in [3.63, 3.8) is 0 Å². The van der Waals surface area contributed by atoms with Gasteiger partial charge in [-0.25, -0.2) is 0 Å². The Kier molecular flexibility index (Phi) is 10.8. The van der Waals surface area contributed by atoms with Gasteiger partial charge in [0.25, 0.3) is 11.5 Å². The predicted octanol–water partition coefficient (Wildman–Crippen LogP) is 4.71. The molecule has 12 nitrogen and oxygen atoms in total. The van der Waals surface area contributed by atoms with E-state index >= 15 is 0 Å². The van der Waals surface area contributed by atoms with Crippen LogP contribution < -0.4 is 20.5 Å². The van der Waals surface area contributed by atoms with Crippen LogP contribution in [-0.4, -0.2) is 93.3 Å². The van der Waals surface area contributed by atoms with Crippen molar-refractivity contribution in [3.05, 3.63) is 86.4 Å². The number of halogens is 1. The monoisotopic (exact) mass is 709 g/mol. The van der Waals surface area contributed by atoms with Crippen molar-refractivity contribution in [2.45, 2.75) is 76.6 Å². The first-order valence-electron chi connectivity index (χ1n) is 18.1. The quantitative estimate of drug-likeness (QED) is 0.251. The molecule has 1 amide bonds. The first-order valence-corrected chi connectivity index (χ1v) is 18.5. The van der Waals surface area contributed by atoms with Gasteiger partial charge in [0.05, 0.1) is 27.7 Å². The van der Waals surface area contributed by atoms with Crippen LogP contribution >= 0.6 is 11.6 Å². The summed E-state index contributed by atoms with van der Waals surface area (Å²) in [4.78, 5) is 40.2.